The van der Waals surface area contributed by atoms with Crippen LogP contribution < -0.4 is 10.4 Å². The van der Waals surface area contributed by atoms with Crippen molar-refractivity contribution in [3.05, 3.63) is 34.7 Å². The molecule has 0 heterocycles. The van der Waals surface area contributed by atoms with Gasteiger partial charge in [-0.1, -0.05) is 41.8 Å². The second-order valence-electron chi connectivity index (χ2n) is 5.95. The average molecular weight is 224 g/mol. The quantitative estimate of drug-likeness (QED) is 0.635. The molecule has 4 rings (SSSR count). The topological polar surface area (TPSA) is 0 Å². The molecule has 17 heavy (non-hydrogen) atoms. The molecule has 0 bridgehead atoms. The van der Waals surface area contributed by atoms with Crippen LogP contribution in [0.5, 0.6) is 0 Å². The first-order valence-electron chi connectivity index (χ1n) is 7.26. The van der Waals surface area contributed by atoms with E-state index in [4.69, 9.17) is 0 Å². The van der Waals surface area contributed by atoms with Gasteiger partial charge in [-0.2, -0.15) is 0 Å². The molecule has 3 aliphatic carbocycles. The fraction of sp³-hybridized carbons (Fsp3) is 0.529. The van der Waals surface area contributed by atoms with Crippen molar-refractivity contribution in [1.82, 2.24) is 0 Å². The van der Waals surface area contributed by atoms with Crippen LogP contribution in [0.4, 0.5) is 0 Å². The molecule has 0 aromatic heterocycles. The summed E-state index contributed by atoms with van der Waals surface area (Å²) in [5.74, 6) is 1.83. The Labute approximate surface area is 103 Å². The summed E-state index contributed by atoms with van der Waals surface area (Å²) in [5, 5.41) is 3.23. The van der Waals surface area contributed by atoms with Gasteiger partial charge in [0.15, 0.2) is 0 Å². The first-order chi connectivity index (χ1) is 8.45. The lowest BCUT2D eigenvalue weighted by Crippen LogP contribution is -2.39. The second-order valence-corrected chi connectivity index (χ2v) is 5.95. The number of benzene rings is 1. The van der Waals surface area contributed by atoms with Crippen LogP contribution in [0.3, 0.4) is 0 Å². The van der Waals surface area contributed by atoms with Crippen molar-refractivity contribution in [2.75, 3.05) is 0 Å². The van der Waals surface area contributed by atoms with E-state index in [1.165, 1.54) is 44.9 Å². The van der Waals surface area contributed by atoms with Gasteiger partial charge in [0.1, 0.15) is 0 Å². The largest absolute Gasteiger partial charge is 0.0616 e. The summed E-state index contributed by atoms with van der Waals surface area (Å²) in [4.78, 5) is 0. The van der Waals surface area contributed by atoms with Crippen molar-refractivity contribution in [1.29, 1.82) is 0 Å². The van der Waals surface area contributed by atoms with Gasteiger partial charge < -0.3 is 0 Å². The van der Waals surface area contributed by atoms with Crippen molar-refractivity contribution in [2.45, 2.75) is 44.9 Å². The molecule has 0 N–H and O–H groups in total. The fourth-order valence-electron chi connectivity index (χ4n) is 4.51. The molecule has 0 aliphatic heterocycles. The highest BCUT2D eigenvalue weighted by molar-refractivity contribution is 5.63. The van der Waals surface area contributed by atoms with Gasteiger partial charge in [0.2, 0.25) is 0 Å². The van der Waals surface area contributed by atoms with Crippen LogP contribution in [0, 0.1) is 11.8 Å². The summed E-state index contributed by atoms with van der Waals surface area (Å²) in [6.45, 7) is 0. The van der Waals surface area contributed by atoms with Crippen LogP contribution in [0.2, 0.25) is 0 Å². The third-order valence-corrected chi connectivity index (χ3v) is 5.17. The highest BCUT2D eigenvalue weighted by atomic mass is 14.4. The molecular weight excluding hydrogens is 204 g/mol. The molecule has 0 saturated heterocycles. The van der Waals surface area contributed by atoms with Gasteiger partial charge in [-0.15, -0.1) is 0 Å². The molecule has 0 radical (unpaired) electrons. The Morgan fingerprint density at radius 2 is 1.29 bits per heavy atom. The van der Waals surface area contributed by atoms with Crippen molar-refractivity contribution in [3.63, 3.8) is 0 Å². The van der Waals surface area contributed by atoms with Crippen molar-refractivity contribution in [2.24, 2.45) is 11.8 Å². The number of fused-ring (bicyclic) bond motifs is 4. The van der Waals surface area contributed by atoms with E-state index in [2.05, 4.69) is 24.3 Å². The van der Waals surface area contributed by atoms with Gasteiger partial charge in [0, 0.05) is 0 Å². The standard InChI is InChI=1S/C17H20/c1-3-8-14-12(6-1)13-7-2-4-9-15(13)17-11-5-10-16(14)17/h1,3,6,8,15,17H,2,4-5,7,9-11H2. The minimum absolute atomic E-state index is 0.913. The van der Waals surface area contributed by atoms with Crippen LogP contribution in [0.15, 0.2) is 24.3 Å². The molecule has 0 nitrogen and oxygen atoms in total. The Balaban J connectivity index is 2.08. The lowest BCUT2D eigenvalue weighted by Gasteiger charge is -2.34. The van der Waals surface area contributed by atoms with E-state index in [0.717, 1.165) is 11.8 Å². The molecule has 0 amide bonds. The lowest BCUT2D eigenvalue weighted by atomic mass is 9.70. The third-order valence-electron chi connectivity index (χ3n) is 5.17. The summed E-state index contributed by atoms with van der Waals surface area (Å²) >= 11 is 0. The predicted molar refractivity (Wildman–Crippen MR) is 71.8 cm³/mol. The number of rotatable bonds is 0. The zero-order valence-electron chi connectivity index (χ0n) is 10.4. The van der Waals surface area contributed by atoms with E-state index in [1.54, 1.807) is 16.0 Å². The maximum atomic E-state index is 2.38. The smallest absolute Gasteiger partial charge is 0.0128 e. The fourth-order valence-corrected chi connectivity index (χ4v) is 4.51. The molecule has 2 fully saturated rings. The first-order valence-corrected chi connectivity index (χ1v) is 7.26. The average Bonchev–Trinajstić information content (AvgIpc) is 2.89. The van der Waals surface area contributed by atoms with Gasteiger partial charge >= 0.3 is 0 Å². The van der Waals surface area contributed by atoms with Gasteiger partial charge in [0.05, 0.1) is 0 Å². The second kappa shape index (κ2) is 3.73. The Kier molecular flexibility index (Phi) is 2.18. The summed E-state index contributed by atoms with van der Waals surface area (Å²) in [5.41, 5.74) is 3.61. The van der Waals surface area contributed by atoms with Crippen LogP contribution in [0.1, 0.15) is 44.9 Å². The Morgan fingerprint density at radius 3 is 2.00 bits per heavy atom. The van der Waals surface area contributed by atoms with E-state index in [9.17, 15) is 0 Å². The van der Waals surface area contributed by atoms with Gasteiger partial charge in [-0.3, -0.25) is 0 Å². The highest BCUT2D eigenvalue weighted by Gasteiger charge is 2.35. The van der Waals surface area contributed by atoms with E-state index >= 15 is 0 Å². The van der Waals surface area contributed by atoms with E-state index < -0.39 is 0 Å². The lowest BCUT2D eigenvalue weighted by molar-refractivity contribution is 0.405. The van der Waals surface area contributed by atoms with Gasteiger partial charge in [-0.25, -0.2) is 0 Å². The van der Waals surface area contributed by atoms with Crippen LogP contribution in [-0.4, -0.2) is 0 Å². The summed E-state index contributed by atoms with van der Waals surface area (Å²) in [6, 6.07) is 9.21. The number of hydrogen-bond donors (Lipinski definition) is 0. The highest BCUT2D eigenvalue weighted by Crippen LogP contribution is 2.46. The Hall–Kier alpha value is -1.04. The van der Waals surface area contributed by atoms with Crippen LogP contribution in [0.25, 0.3) is 11.1 Å². The minimum atomic E-state index is 0.913. The Morgan fingerprint density at radius 1 is 0.706 bits per heavy atom. The molecule has 1 aromatic carbocycles. The first kappa shape index (κ1) is 9.94. The maximum Gasteiger partial charge on any atom is -0.0128 e. The summed E-state index contributed by atoms with van der Waals surface area (Å²) in [6.07, 6.45) is 9.95. The van der Waals surface area contributed by atoms with Crippen molar-refractivity contribution in [3.8, 4) is 0 Å². The number of hydrogen-bond acceptors (Lipinski definition) is 0. The zero-order chi connectivity index (χ0) is 11.2. The van der Waals surface area contributed by atoms with Crippen molar-refractivity contribution < 1.29 is 0 Å². The Bertz CT molecular complexity index is 564. The molecular formula is C17H20. The zero-order valence-corrected chi connectivity index (χ0v) is 10.4. The van der Waals surface area contributed by atoms with Crippen molar-refractivity contribution >= 4 is 11.1 Å². The molecule has 3 aliphatic rings. The molecule has 0 spiro atoms. The third kappa shape index (κ3) is 1.36. The van der Waals surface area contributed by atoms with Crippen LogP contribution in [-0.2, 0) is 0 Å². The molecule has 2 atom stereocenters. The van der Waals surface area contributed by atoms with E-state index in [0.29, 0.717) is 0 Å². The summed E-state index contributed by atoms with van der Waals surface area (Å²) in [7, 11) is 0. The molecule has 2 saturated carbocycles. The molecule has 2 unspecified atom stereocenters. The summed E-state index contributed by atoms with van der Waals surface area (Å²) < 4.78 is 0. The van der Waals surface area contributed by atoms with E-state index in [-0.39, 0.29) is 0 Å². The minimum Gasteiger partial charge on any atom is -0.0616 e. The van der Waals surface area contributed by atoms with E-state index in [1.807, 2.05) is 5.57 Å². The molecule has 0 heteroatoms. The normalized spacial score (nSPS) is 30.8. The van der Waals surface area contributed by atoms with Crippen LogP contribution >= 0.6 is 0 Å². The molecule has 88 valence electrons. The van der Waals surface area contributed by atoms with Gasteiger partial charge in [-0.05, 0) is 60.8 Å². The monoisotopic (exact) mass is 224 g/mol. The van der Waals surface area contributed by atoms with Gasteiger partial charge in [0.25, 0.3) is 0 Å². The predicted octanol–water partition coefficient (Wildman–Crippen LogP) is 2.99. The maximum absolute atomic E-state index is 2.38. The molecule has 1 aromatic rings. The SMILES string of the molecule is c1ccc2c(c1)=C1CCCCC1C1CCCC=21.